The smallest absolute Gasteiger partial charge is 0.257 e. The zero-order chi connectivity index (χ0) is 22.2. The Morgan fingerprint density at radius 3 is 2.65 bits per heavy atom. The van der Waals surface area contributed by atoms with Crippen LogP contribution < -0.4 is 10.6 Å². The van der Waals surface area contributed by atoms with E-state index in [0.717, 1.165) is 11.3 Å². The van der Waals surface area contributed by atoms with Crippen molar-refractivity contribution in [3.8, 4) is 11.3 Å². The van der Waals surface area contributed by atoms with Crippen molar-refractivity contribution in [3.63, 3.8) is 0 Å². The molecule has 3 rings (SSSR count). The SMILES string of the molecule is COCCCNC(=O)c1ccc(C(=O)Nc2ccc([ClH+])c(-c3ccccn3)c2)c(Cl)c1. The molecule has 0 fully saturated rings. The lowest BCUT2D eigenvalue weighted by atomic mass is 10.1. The minimum Gasteiger partial charge on any atom is -0.385 e. The fourth-order valence-electron chi connectivity index (χ4n) is 2.89. The number of aromatic nitrogens is 1. The highest BCUT2D eigenvalue weighted by molar-refractivity contribution is 6.34. The Bertz CT molecular complexity index is 1070. The molecule has 0 saturated heterocycles. The number of carbonyl (C=O) groups is 2. The van der Waals surface area contributed by atoms with Crippen LogP contribution >= 0.6 is 11.6 Å². The molecule has 0 aliphatic heterocycles. The zero-order valence-corrected chi connectivity index (χ0v) is 18.4. The maximum Gasteiger partial charge on any atom is 0.257 e. The summed E-state index contributed by atoms with van der Waals surface area (Å²) in [5, 5.41) is 6.43. The summed E-state index contributed by atoms with van der Waals surface area (Å²) in [6, 6.07) is 15.4. The average Bonchev–Trinajstić information content (AvgIpc) is 2.78. The molecule has 8 heteroatoms. The van der Waals surface area contributed by atoms with Gasteiger partial charge in [0.1, 0.15) is 0 Å². The van der Waals surface area contributed by atoms with E-state index in [1.165, 1.54) is 12.1 Å². The van der Waals surface area contributed by atoms with Gasteiger partial charge in [-0.05, 0) is 48.9 Å². The predicted molar refractivity (Wildman–Crippen MR) is 118 cm³/mol. The first-order chi connectivity index (χ1) is 15.0. The van der Waals surface area contributed by atoms with Gasteiger partial charge in [0.15, 0.2) is 11.6 Å². The van der Waals surface area contributed by atoms with Crippen molar-refractivity contribution in [1.29, 1.82) is 0 Å². The van der Waals surface area contributed by atoms with E-state index in [2.05, 4.69) is 15.6 Å². The third-order valence-corrected chi connectivity index (χ3v) is 5.13. The third-order valence-electron chi connectivity index (χ3n) is 4.46. The summed E-state index contributed by atoms with van der Waals surface area (Å²) in [7, 11) is 1.61. The van der Waals surface area contributed by atoms with Gasteiger partial charge in [-0.2, -0.15) is 0 Å². The number of hydrogen-bond donors (Lipinski definition) is 2. The molecule has 3 aromatic rings. The van der Waals surface area contributed by atoms with Crippen LogP contribution in [0.25, 0.3) is 11.3 Å². The Balaban J connectivity index is 1.72. The Labute approximate surface area is 190 Å². The van der Waals surface area contributed by atoms with Crippen LogP contribution in [0.1, 0.15) is 27.1 Å². The van der Waals surface area contributed by atoms with Crippen LogP contribution in [-0.4, -0.2) is 37.1 Å². The molecule has 0 spiro atoms. The largest absolute Gasteiger partial charge is 0.385 e. The molecular weight excluding hydrogens is 437 g/mol. The highest BCUT2D eigenvalue weighted by atomic mass is 35.5. The van der Waals surface area contributed by atoms with Crippen molar-refractivity contribution in [2.24, 2.45) is 0 Å². The number of ether oxygens (including phenoxy) is 1. The number of pyridine rings is 1. The number of rotatable bonds is 8. The first kappa shape index (κ1) is 22.7. The van der Waals surface area contributed by atoms with Gasteiger partial charge in [-0.25, -0.2) is 0 Å². The molecule has 0 aliphatic carbocycles. The van der Waals surface area contributed by atoms with E-state index in [0.29, 0.717) is 35.8 Å². The van der Waals surface area contributed by atoms with Crippen molar-refractivity contribution >= 4 is 29.1 Å². The van der Waals surface area contributed by atoms with Crippen LogP contribution in [0.3, 0.4) is 0 Å². The van der Waals surface area contributed by atoms with Gasteiger partial charge in [-0.3, -0.25) is 14.6 Å². The Kier molecular flexibility index (Phi) is 8.00. The minimum atomic E-state index is -0.388. The summed E-state index contributed by atoms with van der Waals surface area (Å²) >= 11 is 11.7. The number of benzene rings is 2. The summed E-state index contributed by atoms with van der Waals surface area (Å²) in [6.45, 7) is 1.05. The molecule has 1 heterocycles. The molecule has 2 amide bonds. The van der Waals surface area contributed by atoms with Gasteiger partial charge < -0.3 is 15.4 Å². The lowest BCUT2D eigenvalue weighted by molar-refractivity contribution is -0.287. The average molecular weight is 459 g/mol. The molecule has 0 unspecified atom stereocenters. The predicted octanol–water partition coefficient (Wildman–Crippen LogP) is 4.12. The van der Waals surface area contributed by atoms with Crippen molar-refractivity contribution < 1.29 is 25.9 Å². The molecule has 2 N–H and O–H groups in total. The third kappa shape index (κ3) is 6.04. The Morgan fingerprint density at radius 1 is 1.10 bits per heavy atom. The molecule has 0 bridgehead atoms. The molecule has 0 atom stereocenters. The van der Waals surface area contributed by atoms with Gasteiger partial charge in [-0.15, -0.1) is 0 Å². The molecule has 1 aromatic heterocycles. The van der Waals surface area contributed by atoms with Crippen LogP contribution in [0.15, 0.2) is 60.8 Å². The fourth-order valence-corrected chi connectivity index (χ4v) is 3.39. The molecule has 0 radical (unpaired) electrons. The van der Waals surface area contributed by atoms with Crippen LogP contribution in [0.2, 0.25) is 10.0 Å². The Hall–Kier alpha value is -2.93. The van der Waals surface area contributed by atoms with E-state index in [-0.39, 0.29) is 22.4 Å². The number of hydrogen-bond acceptors (Lipinski definition) is 4. The van der Waals surface area contributed by atoms with Gasteiger partial charge in [0.05, 0.1) is 21.8 Å². The summed E-state index contributed by atoms with van der Waals surface area (Å²) < 4.78 is 4.95. The normalized spacial score (nSPS) is 10.5. The van der Waals surface area contributed by atoms with Crippen LogP contribution in [0, 0.1) is 11.6 Å². The van der Waals surface area contributed by atoms with Crippen molar-refractivity contribution in [2.45, 2.75) is 6.42 Å². The highest BCUT2D eigenvalue weighted by Crippen LogP contribution is 2.27. The van der Waals surface area contributed by atoms with Gasteiger partial charge in [0, 0.05) is 43.8 Å². The summed E-state index contributed by atoms with van der Waals surface area (Å²) in [6.07, 6.45) is 2.39. The van der Waals surface area contributed by atoms with E-state index in [9.17, 15) is 9.59 Å². The second-order valence-corrected chi connectivity index (χ2v) is 7.52. The number of nitrogens with one attached hydrogen (secondary N) is 2. The first-order valence-corrected chi connectivity index (χ1v) is 10.4. The van der Waals surface area contributed by atoms with Gasteiger partial charge in [0.25, 0.3) is 11.8 Å². The van der Waals surface area contributed by atoms with Crippen LogP contribution in [-0.2, 0) is 4.74 Å². The van der Waals surface area contributed by atoms with Gasteiger partial charge >= 0.3 is 0 Å². The maximum atomic E-state index is 12.7. The quantitative estimate of drug-likeness (QED) is 0.497. The summed E-state index contributed by atoms with van der Waals surface area (Å²) in [5.41, 5.74) is 2.68. The van der Waals surface area contributed by atoms with E-state index >= 15 is 0 Å². The summed E-state index contributed by atoms with van der Waals surface area (Å²) in [4.78, 5) is 29.3. The van der Waals surface area contributed by atoms with E-state index < -0.39 is 0 Å². The molecule has 31 heavy (non-hydrogen) atoms. The number of anilines is 1. The van der Waals surface area contributed by atoms with Crippen molar-refractivity contribution in [3.05, 3.63) is 82.0 Å². The number of carbonyl (C=O) groups excluding carboxylic acids is 2. The number of amides is 2. The van der Waals surface area contributed by atoms with E-state index in [4.69, 9.17) is 27.9 Å². The lowest BCUT2D eigenvalue weighted by Gasteiger charge is -2.10. The molecule has 0 aliphatic rings. The number of halogens is 2. The monoisotopic (exact) mass is 458 g/mol. The van der Waals surface area contributed by atoms with Crippen LogP contribution in [0.5, 0.6) is 0 Å². The molecule has 0 saturated carbocycles. The lowest BCUT2D eigenvalue weighted by Crippen LogP contribution is -2.25. The Morgan fingerprint density at radius 2 is 1.94 bits per heavy atom. The maximum absolute atomic E-state index is 12.7. The second-order valence-electron chi connectivity index (χ2n) is 6.68. The first-order valence-electron chi connectivity index (χ1n) is 9.60. The molecular formula is C23H22Cl2N3O3+. The second kappa shape index (κ2) is 10.9. The minimum absolute atomic E-state index is 0.187. The van der Waals surface area contributed by atoms with E-state index in [1.54, 1.807) is 37.6 Å². The number of nitrogens with zero attached hydrogens (tertiary/aromatic N) is 1. The topological polar surface area (TPSA) is 80.3 Å². The standard InChI is InChI=1S/C23H21Cl2N3O3/c1-31-12-4-11-27-22(29)15-6-8-17(20(25)13-15)23(30)28-16-7-9-19(24)18(14-16)21-5-2-3-10-26-21/h2-3,5-10,13-14,24H,4,11-12H2,1H3,(H-,27,28,29,30)/p+1. The van der Waals surface area contributed by atoms with Gasteiger partial charge in [-0.1, -0.05) is 17.7 Å². The molecule has 2 aromatic carbocycles. The molecule has 6 nitrogen and oxygen atoms in total. The van der Waals surface area contributed by atoms with Gasteiger partial charge in [0.2, 0.25) is 5.02 Å². The number of methoxy groups -OCH3 is 1. The zero-order valence-electron chi connectivity index (χ0n) is 16.9. The molecule has 160 valence electrons. The highest BCUT2D eigenvalue weighted by Gasteiger charge is 2.16. The fraction of sp³-hybridized carbons (Fsp3) is 0.174. The van der Waals surface area contributed by atoms with Crippen molar-refractivity contribution in [2.75, 3.05) is 25.6 Å². The van der Waals surface area contributed by atoms with Crippen LogP contribution in [0.4, 0.5) is 5.69 Å². The van der Waals surface area contributed by atoms with Crippen molar-refractivity contribution in [1.82, 2.24) is 10.3 Å². The summed E-state index contributed by atoms with van der Waals surface area (Å²) in [5.74, 6) is -0.646. The van der Waals surface area contributed by atoms with E-state index in [1.807, 2.05) is 18.2 Å².